The Bertz CT molecular complexity index is 738. The van der Waals surface area contributed by atoms with E-state index in [4.69, 9.17) is 0 Å². The first-order chi connectivity index (χ1) is 11.0. The molecule has 0 spiro atoms. The Labute approximate surface area is 137 Å². The molecule has 5 nitrogen and oxygen atoms in total. The molecule has 1 aliphatic rings. The average Bonchev–Trinajstić information content (AvgIpc) is 2.96. The number of benzene rings is 2. The minimum absolute atomic E-state index is 0.0786. The van der Waals surface area contributed by atoms with E-state index in [1.807, 2.05) is 12.1 Å². The lowest BCUT2D eigenvalue weighted by atomic mass is 10.1. The minimum Gasteiger partial charge on any atom is -0.755 e. The van der Waals surface area contributed by atoms with E-state index in [9.17, 15) is 13.6 Å². The second-order valence-electron chi connectivity index (χ2n) is 5.61. The van der Waals surface area contributed by atoms with E-state index in [1.165, 1.54) is 18.2 Å². The largest absolute Gasteiger partial charge is 0.755 e. The Balaban J connectivity index is 1.70. The molecule has 0 bridgehead atoms. The smallest absolute Gasteiger partial charge is 0.251 e. The van der Waals surface area contributed by atoms with Crippen LogP contribution >= 0.6 is 0 Å². The first-order valence-electron chi connectivity index (χ1n) is 7.35. The van der Waals surface area contributed by atoms with Crippen LogP contribution in [0, 0.1) is 0 Å². The van der Waals surface area contributed by atoms with Gasteiger partial charge >= 0.3 is 0 Å². The van der Waals surface area contributed by atoms with Crippen molar-refractivity contribution in [3.05, 3.63) is 65.2 Å². The number of fused-ring (bicyclic) bond motifs is 1. The van der Waals surface area contributed by atoms with Crippen molar-refractivity contribution < 1.29 is 13.6 Å². The van der Waals surface area contributed by atoms with Crippen LogP contribution in [0.2, 0.25) is 0 Å². The molecule has 0 fully saturated rings. The van der Waals surface area contributed by atoms with Crippen molar-refractivity contribution in [2.75, 3.05) is 11.4 Å². The van der Waals surface area contributed by atoms with Gasteiger partial charge in [-0.15, -0.1) is 0 Å². The molecule has 3 rings (SSSR count). The highest BCUT2D eigenvalue weighted by atomic mass is 32.2. The highest BCUT2D eigenvalue weighted by Gasteiger charge is 2.22. The Kier molecular flexibility index (Phi) is 4.45. The fraction of sp³-hybridized carbons (Fsp3) is 0.235. The van der Waals surface area contributed by atoms with Gasteiger partial charge in [-0.2, -0.15) is 0 Å². The van der Waals surface area contributed by atoms with Crippen LogP contribution in [0.1, 0.15) is 21.5 Å². The van der Waals surface area contributed by atoms with Crippen molar-refractivity contribution in [2.24, 2.45) is 0 Å². The maximum Gasteiger partial charge on any atom is 0.251 e. The van der Waals surface area contributed by atoms with E-state index < -0.39 is 11.3 Å². The molecule has 2 aromatic rings. The van der Waals surface area contributed by atoms with E-state index in [0.717, 1.165) is 17.1 Å². The predicted molar refractivity (Wildman–Crippen MR) is 88.9 cm³/mol. The summed E-state index contributed by atoms with van der Waals surface area (Å²) in [6, 6.07) is 14.8. The van der Waals surface area contributed by atoms with Crippen LogP contribution in [0.5, 0.6) is 0 Å². The minimum atomic E-state index is -2.36. The number of hydrogen-bond acceptors (Lipinski definition) is 3. The highest BCUT2D eigenvalue weighted by Crippen LogP contribution is 2.22. The number of amides is 1. The van der Waals surface area contributed by atoms with Gasteiger partial charge in [0.25, 0.3) is 5.91 Å². The molecule has 2 aromatic carbocycles. The Morgan fingerprint density at radius 3 is 2.43 bits per heavy atom. The fourth-order valence-corrected chi connectivity index (χ4v) is 3.14. The molecular weight excluding hydrogens is 312 g/mol. The predicted octanol–water partition coefficient (Wildman–Crippen LogP) is 1.81. The number of carbonyl (C=O) groups is 1. The van der Waals surface area contributed by atoms with E-state index in [0.29, 0.717) is 11.3 Å². The quantitative estimate of drug-likeness (QED) is 0.870. The first kappa shape index (κ1) is 15.7. The van der Waals surface area contributed by atoms with Crippen molar-refractivity contribution in [3.63, 3.8) is 0 Å². The molecule has 0 aromatic heterocycles. The number of nitrogens with zero attached hydrogens (tertiary/aromatic N) is 1. The topological polar surface area (TPSA) is 72.5 Å². The summed E-state index contributed by atoms with van der Waals surface area (Å²) in [4.78, 5) is 12.4. The Morgan fingerprint density at radius 2 is 1.83 bits per heavy atom. The van der Waals surface area contributed by atoms with Crippen LogP contribution in [0.3, 0.4) is 0 Å². The highest BCUT2D eigenvalue weighted by molar-refractivity contribution is 7.80. The maximum atomic E-state index is 12.4. The molecule has 1 unspecified atom stereocenters. The number of hydrogen-bond donors (Lipinski definition) is 1. The normalized spacial score (nSPS) is 15.0. The molecule has 0 saturated heterocycles. The van der Waals surface area contributed by atoms with Crippen LogP contribution in [0.15, 0.2) is 48.5 Å². The molecular formula is C17H17N2O3S-. The molecule has 1 atom stereocenters. The summed E-state index contributed by atoms with van der Waals surface area (Å²) in [5.41, 5.74) is 3.46. The van der Waals surface area contributed by atoms with Gasteiger partial charge in [0.15, 0.2) is 0 Å². The molecule has 1 amide bonds. The second-order valence-corrected chi connectivity index (χ2v) is 6.59. The lowest BCUT2D eigenvalue weighted by Crippen LogP contribution is -2.35. The SMILES string of the molecule is CN(c1cccc(C(=O)NC2Cc3ccccc3C2)c1)S(=O)[O-]. The zero-order chi connectivity index (χ0) is 16.4. The lowest BCUT2D eigenvalue weighted by Gasteiger charge is -2.21. The van der Waals surface area contributed by atoms with Crippen LogP contribution in [0.25, 0.3) is 0 Å². The van der Waals surface area contributed by atoms with Crippen LogP contribution in [-0.2, 0) is 24.1 Å². The van der Waals surface area contributed by atoms with Gasteiger partial charge in [0.2, 0.25) is 0 Å². The molecule has 0 heterocycles. The van der Waals surface area contributed by atoms with Crippen LogP contribution in [-0.4, -0.2) is 27.8 Å². The number of nitrogens with one attached hydrogen (secondary N) is 1. The van der Waals surface area contributed by atoms with Gasteiger partial charge in [-0.05, 0) is 42.2 Å². The lowest BCUT2D eigenvalue weighted by molar-refractivity contribution is 0.0938. The zero-order valence-electron chi connectivity index (χ0n) is 12.7. The summed E-state index contributed by atoms with van der Waals surface area (Å²) in [5.74, 6) is -0.185. The Hall–Kier alpha value is -2.18. The van der Waals surface area contributed by atoms with Crippen molar-refractivity contribution in [2.45, 2.75) is 18.9 Å². The third-order valence-corrected chi connectivity index (χ3v) is 4.74. The molecule has 23 heavy (non-hydrogen) atoms. The number of anilines is 1. The summed E-state index contributed by atoms with van der Waals surface area (Å²) < 4.78 is 23.1. The monoisotopic (exact) mass is 329 g/mol. The van der Waals surface area contributed by atoms with Crippen LogP contribution in [0.4, 0.5) is 5.69 Å². The standard InChI is InChI=1S/C17H18N2O3S/c1-19(23(21)22)16-8-4-7-14(11-16)17(20)18-15-9-12-5-2-3-6-13(12)10-15/h2-8,11,15H,9-10H2,1H3,(H,18,20)(H,21,22)/p-1. The molecule has 1 aliphatic carbocycles. The van der Waals surface area contributed by atoms with Crippen molar-refractivity contribution in [1.82, 2.24) is 5.32 Å². The number of rotatable bonds is 4. The third kappa shape index (κ3) is 3.43. The first-order valence-corrected chi connectivity index (χ1v) is 8.38. The van der Waals surface area contributed by atoms with Gasteiger partial charge in [0, 0.05) is 35.6 Å². The Morgan fingerprint density at radius 1 is 1.17 bits per heavy atom. The summed E-state index contributed by atoms with van der Waals surface area (Å²) in [7, 11) is 1.44. The van der Waals surface area contributed by atoms with Gasteiger partial charge in [-0.25, -0.2) is 0 Å². The molecule has 0 radical (unpaired) electrons. The molecule has 120 valence electrons. The van der Waals surface area contributed by atoms with Gasteiger partial charge in [-0.1, -0.05) is 30.3 Å². The summed E-state index contributed by atoms with van der Waals surface area (Å²) >= 11 is -2.36. The van der Waals surface area contributed by atoms with E-state index in [2.05, 4.69) is 17.4 Å². The number of carbonyl (C=O) groups excluding carboxylic acids is 1. The third-order valence-electron chi connectivity index (χ3n) is 4.08. The maximum absolute atomic E-state index is 12.4. The molecule has 0 saturated carbocycles. The second kappa shape index (κ2) is 6.52. The van der Waals surface area contributed by atoms with Gasteiger partial charge in [-0.3, -0.25) is 9.00 Å². The van der Waals surface area contributed by atoms with Crippen molar-refractivity contribution >= 4 is 22.9 Å². The van der Waals surface area contributed by atoms with Crippen molar-refractivity contribution in [3.8, 4) is 0 Å². The molecule has 0 aliphatic heterocycles. The average molecular weight is 329 g/mol. The molecule has 6 heteroatoms. The summed E-state index contributed by atoms with van der Waals surface area (Å²) in [6.07, 6.45) is 1.65. The molecule has 1 N–H and O–H groups in total. The van der Waals surface area contributed by atoms with Crippen LogP contribution < -0.4 is 9.62 Å². The van der Waals surface area contributed by atoms with E-state index >= 15 is 0 Å². The van der Waals surface area contributed by atoms with E-state index in [1.54, 1.807) is 24.3 Å². The fourth-order valence-electron chi connectivity index (χ4n) is 2.86. The zero-order valence-corrected chi connectivity index (χ0v) is 13.5. The van der Waals surface area contributed by atoms with Gasteiger partial charge in [0.1, 0.15) is 0 Å². The summed E-state index contributed by atoms with van der Waals surface area (Å²) in [6.45, 7) is 0. The van der Waals surface area contributed by atoms with Gasteiger partial charge in [0.05, 0.1) is 0 Å². The van der Waals surface area contributed by atoms with E-state index in [-0.39, 0.29) is 11.9 Å². The van der Waals surface area contributed by atoms with Crippen molar-refractivity contribution in [1.29, 1.82) is 0 Å². The van der Waals surface area contributed by atoms with Gasteiger partial charge < -0.3 is 14.2 Å². The summed E-state index contributed by atoms with van der Waals surface area (Å²) in [5, 5.41) is 3.03.